The van der Waals surface area contributed by atoms with E-state index in [9.17, 15) is 13.2 Å². The number of carbonyl (C=O) groups is 1. The highest BCUT2D eigenvalue weighted by Gasteiger charge is 2.34. The van der Waals surface area contributed by atoms with E-state index in [1.165, 1.54) is 15.6 Å². The molecule has 0 unspecified atom stereocenters. The number of piperazine rings is 1. The molecule has 32 heavy (non-hydrogen) atoms. The fraction of sp³-hybridized carbons (Fsp3) is 0.500. The number of benzene rings is 1. The van der Waals surface area contributed by atoms with Crippen LogP contribution in [-0.4, -0.2) is 81.9 Å². The standard InChI is InChI=1S/C22H29N3O5S2/c1-29-17-7-8-20(30-2)18(15-17)19-5-3-9-25(19)21(26)16-23-10-12-24(13-11-23)32(27,28)22-6-4-14-31-22/h4,6-8,14-15,19H,3,5,9-13,16H2,1-2H3/t19-/m1/s1. The molecule has 1 aromatic carbocycles. The third-order valence-electron chi connectivity index (χ3n) is 6.15. The van der Waals surface area contributed by atoms with E-state index in [1.54, 1.807) is 31.7 Å². The summed E-state index contributed by atoms with van der Waals surface area (Å²) in [5, 5.41) is 1.77. The molecule has 2 aromatic rings. The van der Waals surface area contributed by atoms with Crippen molar-refractivity contribution < 1.29 is 22.7 Å². The highest BCUT2D eigenvalue weighted by molar-refractivity contribution is 7.91. The van der Waals surface area contributed by atoms with Gasteiger partial charge in [0.2, 0.25) is 5.91 Å². The molecule has 2 saturated heterocycles. The second-order valence-corrected chi connectivity index (χ2v) is 11.1. The quantitative estimate of drug-likeness (QED) is 0.607. The number of rotatable bonds is 7. The predicted octanol–water partition coefficient (Wildman–Crippen LogP) is 2.44. The van der Waals surface area contributed by atoms with Crippen molar-refractivity contribution >= 4 is 27.3 Å². The molecule has 4 rings (SSSR count). The normalized spacial score (nSPS) is 20.4. The van der Waals surface area contributed by atoms with Crippen molar-refractivity contribution in [3.05, 3.63) is 41.3 Å². The first kappa shape index (κ1) is 23.0. The highest BCUT2D eigenvalue weighted by Crippen LogP contribution is 2.39. The molecule has 1 amide bonds. The van der Waals surface area contributed by atoms with Crippen molar-refractivity contribution in [2.75, 3.05) is 53.5 Å². The van der Waals surface area contributed by atoms with Crippen LogP contribution in [0, 0.1) is 0 Å². The van der Waals surface area contributed by atoms with Crippen molar-refractivity contribution in [2.24, 2.45) is 0 Å². The molecule has 1 aromatic heterocycles. The van der Waals surface area contributed by atoms with Gasteiger partial charge >= 0.3 is 0 Å². The third-order valence-corrected chi connectivity index (χ3v) is 9.42. The van der Waals surface area contributed by atoms with E-state index in [1.807, 2.05) is 28.0 Å². The number of hydrogen-bond acceptors (Lipinski definition) is 7. The van der Waals surface area contributed by atoms with Gasteiger partial charge < -0.3 is 14.4 Å². The smallest absolute Gasteiger partial charge is 0.252 e. The van der Waals surface area contributed by atoms with Gasteiger partial charge in [0.05, 0.1) is 26.8 Å². The number of thiophene rings is 1. The predicted molar refractivity (Wildman–Crippen MR) is 123 cm³/mol. The largest absolute Gasteiger partial charge is 0.497 e. The maximum Gasteiger partial charge on any atom is 0.252 e. The number of nitrogens with zero attached hydrogens (tertiary/aromatic N) is 3. The van der Waals surface area contributed by atoms with E-state index >= 15 is 0 Å². The molecule has 0 aliphatic carbocycles. The van der Waals surface area contributed by atoms with Crippen LogP contribution >= 0.6 is 11.3 Å². The molecule has 0 saturated carbocycles. The Balaban J connectivity index is 1.39. The lowest BCUT2D eigenvalue weighted by molar-refractivity contribution is -0.133. The van der Waals surface area contributed by atoms with Crippen molar-refractivity contribution in [3.8, 4) is 11.5 Å². The van der Waals surface area contributed by atoms with Gasteiger partial charge in [-0.1, -0.05) is 6.07 Å². The minimum absolute atomic E-state index is 0.0481. The Kier molecular flexibility index (Phi) is 7.04. The average Bonchev–Trinajstić information content (AvgIpc) is 3.51. The zero-order chi connectivity index (χ0) is 22.7. The van der Waals surface area contributed by atoms with E-state index in [2.05, 4.69) is 0 Å². The van der Waals surface area contributed by atoms with Crippen molar-refractivity contribution in [1.82, 2.24) is 14.1 Å². The number of likely N-dealkylation sites (tertiary alicyclic amines) is 1. The van der Waals surface area contributed by atoms with E-state index in [-0.39, 0.29) is 18.5 Å². The Hall–Kier alpha value is -2.14. The van der Waals surface area contributed by atoms with Gasteiger partial charge in [-0.25, -0.2) is 8.42 Å². The molecule has 1 atom stereocenters. The van der Waals surface area contributed by atoms with Crippen LogP contribution in [0.4, 0.5) is 0 Å². The number of hydrogen-bond donors (Lipinski definition) is 0. The second-order valence-electron chi connectivity index (χ2n) is 7.97. The summed E-state index contributed by atoms with van der Waals surface area (Å²) in [5.41, 5.74) is 0.963. The fourth-order valence-electron chi connectivity index (χ4n) is 4.44. The van der Waals surface area contributed by atoms with Crippen LogP contribution in [0.15, 0.2) is 39.9 Å². The lowest BCUT2D eigenvalue weighted by Gasteiger charge is -2.35. The van der Waals surface area contributed by atoms with Crippen LogP contribution in [0.5, 0.6) is 11.5 Å². The van der Waals surface area contributed by atoms with Crippen LogP contribution in [0.2, 0.25) is 0 Å². The Bertz CT molecular complexity index is 1030. The van der Waals surface area contributed by atoms with Crippen LogP contribution in [0.25, 0.3) is 0 Å². The van der Waals surface area contributed by atoms with Gasteiger partial charge in [0.15, 0.2) is 0 Å². The molecule has 174 valence electrons. The Morgan fingerprint density at radius 1 is 1.09 bits per heavy atom. The van der Waals surface area contributed by atoms with Gasteiger partial charge in [0, 0.05) is 38.3 Å². The molecule has 0 radical (unpaired) electrons. The van der Waals surface area contributed by atoms with Crippen molar-refractivity contribution in [3.63, 3.8) is 0 Å². The van der Waals surface area contributed by atoms with E-state index in [0.717, 1.165) is 29.9 Å². The zero-order valence-corrected chi connectivity index (χ0v) is 20.0. The van der Waals surface area contributed by atoms with E-state index < -0.39 is 10.0 Å². The minimum atomic E-state index is -3.44. The summed E-state index contributed by atoms with van der Waals surface area (Å²) in [7, 11) is -0.180. The van der Waals surface area contributed by atoms with E-state index in [4.69, 9.17) is 9.47 Å². The summed E-state index contributed by atoms with van der Waals surface area (Å²) in [5.74, 6) is 1.55. The SMILES string of the molecule is COc1ccc(OC)c([C@H]2CCCN2C(=O)CN2CCN(S(=O)(=O)c3cccs3)CC2)c1. The summed E-state index contributed by atoms with van der Waals surface area (Å²) in [4.78, 5) is 17.2. The van der Waals surface area contributed by atoms with Gasteiger partial charge in [-0.05, 0) is 42.5 Å². The summed E-state index contributed by atoms with van der Waals surface area (Å²) < 4.78 is 38.2. The summed E-state index contributed by atoms with van der Waals surface area (Å²) in [6.07, 6.45) is 1.81. The first-order chi connectivity index (χ1) is 15.4. The number of ether oxygens (including phenoxy) is 2. The average molecular weight is 480 g/mol. The lowest BCUT2D eigenvalue weighted by Crippen LogP contribution is -2.51. The minimum Gasteiger partial charge on any atom is -0.497 e. The molecule has 0 spiro atoms. The first-order valence-electron chi connectivity index (χ1n) is 10.7. The van der Waals surface area contributed by atoms with Gasteiger partial charge in [0.25, 0.3) is 10.0 Å². The molecular weight excluding hydrogens is 450 g/mol. The highest BCUT2D eigenvalue weighted by atomic mass is 32.2. The lowest BCUT2D eigenvalue weighted by atomic mass is 10.0. The Morgan fingerprint density at radius 3 is 2.53 bits per heavy atom. The molecule has 0 bridgehead atoms. The molecule has 2 aliphatic heterocycles. The maximum atomic E-state index is 13.2. The second kappa shape index (κ2) is 9.78. The molecule has 8 nitrogen and oxygen atoms in total. The van der Waals surface area contributed by atoms with Gasteiger partial charge in [-0.2, -0.15) is 4.31 Å². The fourth-order valence-corrected chi connectivity index (χ4v) is 7.00. The van der Waals surface area contributed by atoms with Crippen molar-refractivity contribution in [2.45, 2.75) is 23.1 Å². The van der Waals surface area contributed by atoms with E-state index in [0.29, 0.717) is 36.9 Å². The number of amides is 1. The summed E-state index contributed by atoms with van der Waals surface area (Å²) in [6.45, 7) is 2.85. The van der Waals surface area contributed by atoms with Crippen LogP contribution < -0.4 is 9.47 Å². The Labute approximate surface area is 193 Å². The van der Waals surface area contributed by atoms with Crippen molar-refractivity contribution in [1.29, 1.82) is 0 Å². The van der Waals surface area contributed by atoms with Crippen LogP contribution in [0.1, 0.15) is 24.4 Å². The summed E-state index contributed by atoms with van der Waals surface area (Å²) in [6, 6.07) is 9.01. The molecule has 3 heterocycles. The number of sulfonamides is 1. The monoisotopic (exact) mass is 479 g/mol. The molecular formula is C22H29N3O5S2. The third kappa shape index (κ3) is 4.63. The topological polar surface area (TPSA) is 79.4 Å². The molecule has 0 N–H and O–H groups in total. The van der Waals surface area contributed by atoms with Gasteiger partial charge in [-0.15, -0.1) is 11.3 Å². The first-order valence-corrected chi connectivity index (χ1v) is 13.0. The van der Waals surface area contributed by atoms with Gasteiger partial charge in [-0.3, -0.25) is 9.69 Å². The number of methoxy groups -OCH3 is 2. The zero-order valence-electron chi connectivity index (χ0n) is 18.4. The Morgan fingerprint density at radius 2 is 1.88 bits per heavy atom. The molecule has 2 aliphatic rings. The molecule has 10 heteroatoms. The maximum absolute atomic E-state index is 13.2. The van der Waals surface area contributed by atoms with Crippen LogP contribution in [0.3, 0.4) is 0 Å². The number of carbonyl (C=O) groups excluding carboxylic acids is 1. The van der Waals surface area contributed by atoms with Crippen LogP contribution in [-0.2, 0) is 14.8 Å². The van der Waals surface area contributed by atoms with Gasteiger partial charge in [0.1, 0.15) is 15.7 Å². The molecule has 2 fully saturated rings. The summed E-state index contributed by atoms with van der Waals surface area (Å²) >= 11 is 1.23.